The van der Waals surface area contributed by atoms with Crippen molar-refractivity contribution in [1.82, 2.24) is 15.2 Å². The molecule has 2 heterocycles. The van der Waals surface area contributed by atoms with E-state index in [9.17, 15) is 4.79 Å². The largest absolute Gasteiger partial charge is 0.497 e. The van der Waals surface area contributed by atoms with E-state index in [1.807, 2.05) is 42.5 Å². The smallest absolute Gasteiger partial charge is 0.277 e. The second-order valence-electron chi connectivity index (χ2n) is 8.17. The van der Waals surface area contributed by atoms with Crippen LogP contribution in [0.4, 0.5) is 5.69 Å². The summed E-state index contributed by atoms with van der Waals surface area (Å²) in [4.78, 5) is 17.5. The molecule has 5 aromatic rings. The van der Waals surface area contributed by atoms with E-state index in [1.165, 1.54) is 16.5 Å². The Morgan fingerprint density at radius 1 is 1.03 bits per heavy atom. The predicted octanol–water partition coefficient (Wildman–Crippen LogP) is 6.07. The number of para-hydroxylation sites is 1. The molecule has 0 bridgehead atoms. The van der Waals surface area contributed by atoms with Gasteiger partial charge in [0.15, 0.2) is 0 Å². The number of nitrogens with one attached hydrogen (secondary N) is 1. The number of thiazole rings is 1. The summed E-state index contributed by atoms with van der Waals surface area (Å²) in [5.41, 5.74) is 3.54. The lowest BCUT2D eigenvalue weighted by atomic mass is 10.1. The minimum Gasteiger partial charge on any atom is -0.497 e. The van der Waals surface area contributed by atoms with E-state index < -0.39 is 5.25 Å². The molecule has 0 unspecified atom stereocenters. The van der Waals surface area contributed by atoms with Gasteiger partial charge in [-0.05, 0) is 48.9 Å². The second kappa shape index (κ2) is 11.0. The van der Waals surface area contributed by atoms with Gasteiger partial charge in [-0.3, -0.25) is 4.79 Å². The lowest BCUT2D eigenvalue weighted by molar-refractivity contribution is -0.115. The number of methoxy groups -OCH3 is 2. The van der Waals surface area contributed by atoms with Crippen LogP contribution < -0.4 is 14.8 Å². The first-order valence-electron chi connectivity index (χ1n) is 11.5. The first kappa shape index (κ1) is 24.8. The highest BCUT2D eigenvalue weighted by atomic mass is 32.2. The fourth-order valence-corrected chi connectivity index (χ4v) is 5.31. The third-order valence-electron chi connectivity index (χ3n) is 5.57. The number of hydrogen-bond acceptors (Lipinski definition) is 9. The summed E-state index contributed by atoms with van der Waals surface area (Å²) in [6.45, 7) is 1.79. The quantitative estimate of drug-likeness (QED) is 0.228. The van der Waals surface area contributed by atoms with Crippen LogP contribution in [0.2, 0.25) is 0 Å². The van der Waals surface area contributed by atoms with Gasteiger partial charge in [0, 0.05) is 23.7 Å². The van der Waals surface area contributed by atoms with Gasteiger partial charge in [0.1, 0.15) is 11.5 Å². The van der Waals surface area contributed by atoms with Crippen LogP contribution in [0.3, 0.4) is 0 Å². The molecule has 0 aliphatic heterocycles. The third kappa shape index (κ3) is 5.92. The molecule has 0 spiro atoms. The molecule has 1 N–H and O–H groups in total. The number of fused-ring (bicyclic) bond motifs is 1. The average molecular weight is 533 g/mol. The predicted molar refractivity (Wildman–Crippen MR) is 146 cm³/mol. The summed E-state index contributed by atoms with van der Waals surface area (Å²) < 4.78 is 17.6. The van der Waals surface area contributed by atoms with Crippen molar-refractivity contribution in [2.45, 2.75) is 23.8 Å². The SMILES string of the molecule is COc1cc(OC)cc(-c2nnc(S[C@H](C)C(=O)Nc3ccc(Cc4nc5ccccc5s4)cc3)o2)c1. The topological polar surface area (TPSA) is 99.4 Å². The van der Waals surface area contributed by atoms with Gasteiger partial charge >= 0.3 is 0 Å². The average Bonchev–Trinajstić information content (AvgIpc) is 3.56. The minimum atomic E-state index is -0.449. The molecule has 37 heavy (non-hydrogen) atoms. The molecular weight excluding hydrogens is 508 g/mol. The Balaban J connectivity index is 1.18. The molecule has 0 saturated carbocycles. The van der Waals surface area contributed by atoms with Crippen LogP contribution in [0.5, 0.6) is 11.5 Å². The van der Waals surface area contributed by atoms with Crippen LogP contribution in [-0.2, 0) is 11.2 Å². The molecule has 8 nitrogen and oxygen atoms in total. The number of carbonyl (C=O) groups is 1. The van der Waals surface area contributed by atoms with Crippen molar-refractivity contribution in [3.05, 3.63) is 77.3 Å². The molecule has 0 aliphatic carbocycles. The monoisotopic (exact) mass is 532 g/mol. The molecule has 0 aliphatic rings. The zero-order valence-corrected chi connectivity index (χ0v) is 22.1. The molecule has 1 amide bonds. The Bertz CT molecular complexity index is 1480. The first-order valence-corrected chi connectivity index (χ1v) is 13.2. The van der Waals surface area contributed by atoms with Crippen molar-refractivity contribution >= 4 is 44.9 Å². The zero-order valence-electron chi connectivity index (χ0n) is 20.4. The van der Waals surface area contributed by atoms with Crippen LogP contribution in [-0.4, -0.2) is 40.6 Å². The van der Waals surface area contributed by atoms with Crippen molar-refractivity contribution in [1.29, 1.82) is 0 Å². The molecule has 2 aromatic heterocycles. The highest BCUT2D eigenvalue weighted by molar-refractivity contribution is 8.00. The number of rotatable bonds is 9. The maximum atomic E-state index is 12.8. The number of amides is 1. The lowest BCUT2D eigenvalue weighted by Crippen LogP contribution is -2.22. The van der Waals surface area contributed by atoms with Gasteiger partial charge < -0.3 is 19.2 Å². The molecule has 10 heteroatoms. The number of ether oxygens (including phenoxy) is 2. The van der Waals surface area contributed by atoms with Crippen molar-refractivity contribution in [3.8, 4) is 23.0 Å². The Morgan fingerprint density at radius 2 is 1.76 bits per heavy atom. The summed E-state index contributed by atoms with van der Waals surface area (Å²) >= 11 is 2.89. The van der Waals surface area contributed by atoms with E-state index >= 15 is 0 Å². The molecule has 1 atom stereocenters. The summed E-state index contributed by atoms with van der Waals surface area (Å²) in [6, 6.07) is 21.3. The molecule has 0 fully saturated rings. The van der Waals surface area contributed by atoms with E-state index in [2.05, 4.69) is 21.6 Å². The summed E-state index contributed by atoms with van der Waals surface area (Å²) in [5.74, 6) is 1.38. The minimum absolute atomic E-state index is 0.160. The number of carbonyl (C=O) groups excluding carboxylic acids is 1. The number of hydrogen-bond donors (Lipinski definition) is 1. The lowest BCUT2D eigenvalue weighted by Gasteiger charge is -2.10. The van der Waals surface area contributed by atoms with Gasteiger partial charge in [-0.1, -0.05) is 36.0 Å². The van der Waals surface area contributed by atoms with E-state index in [1.54, 1.807) is 50.7 Å². The Hall–Kier alpha value is -3.89. The van der Waals surface area contributed by atoms with Crippen molar-refractivity contribution in [3.63, 3.8) is 0 Å². The zero-order chi connectivity index (χ0) is 25.8. The standard InChI is InChI=1S/C27H24N4O4S2/c1-16(36-27-31-30-26(35-27)18-13-20(33-2)15-21(14-18)34-3)25(32)28-19-10-8-17(9-11-19)12-24-29-22-6-4-5-7-23(22)37-24/h4-11,13-16H,12H2,1-3H3,(H,28,32)/t16-/m1/s1. The Labute approximate surface area is 222 Å². The molecule has 188 valence electrons. The van der Waals surface area contributed by atoms with Crippen molar-refractivity contribution in [2.75, 3.05) is 19.5 Å². The number of anilines is 1. The fourth-order valence-electron chi connectivity index (χ4n) is 3.63. The van der Waals surface area contributed by atoms with Gasteiger partial charge in [-0.25, -0.2) is 4.98 Å². The summed E-state index contributed by atoms with van der Waals surface area (Å²) in [7, 11) is 3.15. The van der Waals surface area contributed by atoms with Crippen LogP contribution in [0, 0.1) is 0 Å². The molecular formula is C27H24N4O4S2. The molecule has 0 radical (unpaired) electrons. The maximum Gasteiger partial charge on any atom is 0.277 e. The first-order chi connectivity index (χ1) is 18.0. The molecule has 5 rings (SSSR count). The van der Waals surface area contributed by atoms with Crippen LogP contribution in [0.15, 0.2) is 76.4 Å². The van der Waals surface area contributed by atoms with E-state index in [0.717, 1.165) is 28.2 Å². The van der Waals surface area contributed by atoms with Crippen molar-refractivity contribution < 1.29 is 18.7 Å². The van der Waals surface area contributed by atoms with E-state index in [-0.39, 0.29) is 5.91 Å². The summed E-state index contributed by atoms with van der Waals surface area (Å²) in [5, 5.41) is 12.0. The van der Waals surface area contributed by atoms with Crippen LogP contribution in [0.1, 0.15) is 17.5 Å². The Morgan fingerprint density at radius 3 is 2.46 bits per heavy atom. The van der Waals surface area contributed by atoms with Crippen LogP contribution >= 0.6 is 23.1 Å². The number of thioether (sulfide) groups is 1. The number of nitrogens with zero attached hydrogens (tertiary/aromatic N) is 3. The normalized spacial score (nSPS) is 11.9. The van der Waals surface area contributed by atoms with Gasteiger partial charge in [0.05, 0.1) is 34.7 Å². The highest BCUT2D eigenvalue weighted by Gasteiger charge is 2.19. The summed E-state index contributed by atoms with van der Waals surface area (Å²) in [6.07, 6.45) is 0.748. The van der Waals surface area contributed by atoms with Crippen molar-refractivity contribution in [2.24, 2.45) is 0 Å². The second-order valence-corrected chi connectivity index (χ2v) is 10.6. The molecule has 0 saturated heterocycles. The number of aromatic nitrogens is 3. The van der Waals surface area contributed by atoms with Gasteiger partial charge in [-0.15, -0.1) is 21.5 Å². The number of benzene rings is 3. The van der Waals surface area contributed by atoms with Gasteiger partial charge in [0.25, 0.3) is 5.22 Å². The van der Waals surface area contributed by atoms with E-state index in [4.69, 9.17) is 18.9 Å². The Kier molecular flexibility index (Phi) is 7.38. The maximum absolute atomic E-state index is 12.8. The van der Waals surface area contributed by atoms with Crippen LogP contribution in [0.25, 0.3) is 21.7 Å². The third-order valence-corrected chi connectivity index (χ3v) is 7.54. The van der Waals surface area contributed by atoms with Gasteiger partial charge in [0.2, 0.25) is 11.8 Å². The van der Waals surface area contributed by atoms with Gasteiger partial charge in [-0.2, -0.15) is 0 Å². The van der Waals surface area contributed by atoms with E-state index in [0.29, 0.717) is 28.2 Å². The fraction of sp³-hybridized carbons (Fsp3) is 0.185. The molecule has 3 aromatic carbocycles. The highest BCUT2D eigenvalue weighted by Crippen LogP contribution is 2.32.